The molecule has 0 saturated heterocycles. The Morgan fingerprint density at radius 2 is 1.17 bits per heavy atom. The number of carbonyl (C=O) groups excluding carboxylic acids is 5. The number of rotatable bonds is 18. The second-order valence-electron chi connectivity index (χ2n) is 21.5. The Balaban J connectivity index is 0.616. The van der Waals surface area contributed by atoms with Crippen molar-refractivity contribution in [2.24, 2.45) is 15.9 Å². The van der Waals surface area contributed by atoms with E-state index in [1.54, 1.807) is 79.4 Å². The minimum Gasteiger partial charge on any atom is -0.493 e. The van der Waals surface area contributed by atoms with Crippen molar-refractivity contribution in [1.82, 2.24) is 20.4 Å². The number of anilines is 1. The standard InChI is InChI=1S/C65H61N7O12/c1-36(2)60(70-65(77)82-34-51-47-13-8-6-11-45(47)46-12-7-9-14-48(46)51)62(74)68-37(3)61(73)69-42-18-15-38(16-19-42)40-23-43-30-66-52-28-58(55(78-4)26-49(52)63(75)71(43)32-40)80-21-10-22-81-59-29-53-50(27-56(59)79-5)64(76)72-33-41(24-44(72)31-67-53)39-17-20-54-57(25-39)84-35-83-54/h6-9,11-20,25-33,36-37,43-44,51,60H,10,21-24,34-35H2,1-5H3,(H,68,74)(H,69,73)(H,70,77)/t37?,43-,44-,60-/m0/s1. The van der Waals surface area contributed by atoms with Crippen LogP contribution in [-0.4, -0.2) is 117 Å². The van der Waals surface area contributed by atoms with Crippen LogP contribution in [0.1, 0.15) is 88.9 Å². The molecule has 19 nitrogen and oxygen atoms in total. The molecule has 0 bridgehead atoms. The molecule has 0 saturated carbocycles. The molecule has 6 aromatic rings. The van der Waals surface area contributed by atoms with Gasteiger partial charge in [0.1, 0.15) is 18.7 Å². The van der Waals surface area contributed by atoms with Crippen LogP contribution >= 0.6 is 0 Å². The molecule has 0 radical (unpaired) electrons. The van der Waals surface area contributed by atoms with E-state index >= 15 is 0 Å². The van der Waals surface area contributed by atoms with E-state index in [1.807, 2.05) is 79.1 Å². The number of amides is 5. The van der Waals surface area contributed by atoms with Crippen molar-refractivity contribution >= 4 is 70.4 Å². The first kappa shape index (κ1) is 54.7. The first-order valence-corrected chi connectivity index (χ1v) is 27.9. The van der Waals surface area contributed by atoms with Gasteiger partial charge in [-0.2, -0.15) is 0 Å². The van der Waals surface area contributed by atoms with Crippen molar-refractivity contribution < 1.29 is 57.1 Å². The zero-order valence-corrected chi connectivity index (χ0v) is 46.9. The summed E-state index contributed by atoms with van der Waals surface area (Å²) in [5, 5.41) is 8.32. The molecule has 4 atom stereocenters. The van der Waals surface area contributed by atoms with Crippen LogP contribution in [0.15, 0.2) is 138 Å². The first-order chi connectivity index (χ1) is 40.8. The van der Waals surface area contributed by atoms with Crippen LogP contribution in [0.5, 0.6) is 34.5 Å². The highest BCUT2D eigenvalue weighted by Crippen LogP contribution is 2.46. The average molecular weight is 1130 g/mol. The molecular formula is C65H61N7O12. The van der Waals surface area contributed by atoms with Crippen LogP contribution < -0.4 is 44.4 Å². The van der Waals surface area contributed by atoms with Crippen molar-refractivity contribution in [2.75, 3.05) is 46.1 Å². The van der Waals surface area contributed by atoms with E-state index in [-0.39, 0.29) is 62.3 Å². The van der Waals surface area contributed by atoms with Gasteiger partial charge in [-0.3, -0.25) is 29.2 Å². The lowest BCUT2D eigenvalue weighted by Gasteiger charge is -2.24. The molecule has 428 valence electrons. The number of benzene rings is 6. The van der Waals surface area contributed by atoms with Gasteiger partial charge in [-0.1, -0.05) is 80.6 Å². The highest BCUT2D eigenvalue weighted by atomic mass is 16.7. The number of fused-ring (bicyclic) bond motifs is 8. The lowest BCUT2D eigenvalue weighted by Crippen LogP contribution is -2.53. The Bertz CT molecular complexity index is 3710. The Morgan fingerprint density at radius 1 is 0.619 bits per heavy atom. The Kier molecular flexibility index (Phi) is 15.1. The third-order valence-electron chi connectivity index (χ3n) is 15.8. The molecule has 5 aliphatic heterocycles. The van der Waals surface area contributed by atoms with E-state index in [4.69, 9.17) is 43.1 Å². The van der Waals surface area contributed by atoms with Gasteiger partial charge in [0.15, 0.2) is 34.5 Å². The van der Waals surface area contributed by atoms with E-state index in [9.17, 15) is 24.0 Å². The van der Waals surface area contributed by atoms with E-state index in [1.165, 1.54) is 14.2 Å². The van der Waals surface area contributed by atoms with Gasteiger partial charge in [-0.25, -0.2) is 4.79 Å². The number of hydrogen-bond donors (Lipinski definition) is 3. The summed E-state index contributed by atoms with van der Waals surface area (Å²) in [5.41, 5.74) is 10.2. The van der Waals surface area contributed by atoms with Crippen LogP contribution in [0, 0.1) is 5.92 Å². The number of nitrogens with zero attached hydrogens (tertiary/aromatic N) is 4. The molecule has 6 aromatic carbocycles. The molecule has 84 heavy (non-hydrogen) atoms. The molecule has 0 aromatic heterocycles. The molecule has 1 unspecified atom stereocenters. The van der Waals surface area contributed by atoms with Crippen molar-refractivity contribution in [2.45, 2.75) is 70.1 Å². The largest absolute Gasteiger partial charge is 0.493 e. The number of carbonyl (C=O) groups is 5. The van der Waals surface area contributed by atoms with E-state index < -0.39 is 30.0 Å². The summed E-state index contributed by atoms with van der Waals surface area (Å²) in [5.74, 6) is 1.12. The fourth-order valence-electron chi connectivity index (χ4n) is 11.4. The number of ether oxygens (including phenoxy) is 7. The summed E-state index contributed by atoms with van der Waals surface area (Å²) in [6, 6.07) is 33.3. The summed E-state index contributed by atoms with van der Waals surface area (Å²) in [6.07, 6.45) is 8.06. The maximum Gasteiger partial charge on any atom is 0.407 e. The second kappa shape index (κ2) is 23.2. The van der Waals surface area contributed by atoms with Crippen molar-refractivity contribution in [3.8, 4) is 45.6 Å². The maximum absolute atomic E-state index is 14.2. The van der Waals surface area contributed by atoms with Crippen LogP contribution in [0.25, 0.3) is 22.3 Å². The highest BCUT2D eigenvalue weighted by Gasteiger charge is 2.37. The van der Waals surface area contributed by atoms with Gasteiger partial charge in [0.25, 0.3) is 11.8 Å². The van der Waals surface area contributed by atoms with Gasteiger partial charge in [0.05, 0.1) is 62.0 Å². The van der Waals surface area contributed by atoms with Gasteiger partial charge >= 0.3 is 6.09 Å². The lowest BCUT2D eigenvalue weighted by molar-refractivity contribution is -0.128. The number of hydrogen-bond acceptors (Lipinski definition) is 14. The molecule has 3 N–H and O–H groups in total. The second-order valence-corrected chi connectivity index (χ2v) is 21.5. The smallest absolute Gasteiger partial charge is 0.407 e. The average Bonchev–Trinajstić information content (AvgIpc) is 2.51. The Morgan fingerprint density at radius 3 is 1.74 bits per heavy atom. The summed E-state index contributed by atoms with van der Waals surface area (Å²) >= 11 is 0. The lowest BCUT2D eigenvalue weighted by atomic mass is 9.98. The normalized spacial score (nSPS) is 17.5. The predicted octanol–water partition coefficient (Wildman–Crippen LogP) is 10.2. The SMILES string of the molecule is COc1cc2c(cc1OCCCOc1cc3c(cc1OC)C(=O)N1C=C(c4ccc5c(c4)OCO5)C[C@H]1C=N3)N=C[C@@H]1CC(c3ccc(NC(=O)C(C)NC(=O)[C@@H](NC(=O)OCC4c5ccccc5-c5ccccc54)C(C)C)cc3)=CN1C2=O. The fraction of sp³-hybridized carbons (Fsp3) is 0.277. The van der Waals surface area contributed by atoms with E-state index in [0.29, 0.717) is 81.9 Å². The summed E-state index contributed by atoms with van der Waals surface area (Å²) in [4.78, 5) is 81.0. The predicted molar refractivity (Wildman–Crippen MR) is 315 cm³/mol. The van der Waals surface area contributed by atoms with Crippen LogP contribution in [0.3, 0.4) is 0 Å². The molecule has 5 heterocycles. The van der Waals surface area contributed by atoms with Crippen molar-refractivity contribution in [1.29, 1.82) is 0 Å². The fourth-order valence-corrected chi connectivity index (χ4v) is 11.4. The van der Waals surface area contributed by atoms with Crippen molar-refractivity contribution in [3.63, 3.8) is 0 Å². The van der Waals surface area contributed by atoms with Gasteiger partial charge < -0.3 is 58.9 Å². The van der Waals surface area contributed by atoms with Crippen LogP contribution in [-0.2, 0) is 14.3 Å². The summed E-state index contributed by atoms with van der Waals surface area (Å²) < 4.78 is 40.5. The minimum atomic E-state index is -0.957. The van der Waals surface area contributed by atoms with Crippen molar-refractivity contribution in [3.05, 3.63) is 161 Å². The maximum atomic E-state index is 14.2. The first-order valence-electron chi connectivity index (χ1n) is 27.9. The molecule has 1 aliphatic carbocycles. The molecule has 0 fully saturated rings. The summed E-state index contributed by atoms with van der Waals surface area (Å²) in [6.45, 7) is 5.96. The summed E-state index contributed by atoms with van der Waals surface area (Å²) in [7, 11) is 3.03. The number of aliphatic imine (C=N–C) groups is 2. The zero-order chi connectivity index (χ0) is 58.2. The third-order valence-corrected chi connectivity index (χ3v) is 15.8. The number of alkyl carbamates (subject to hydrolysis) is 1. The Labute approximate surface area is 484 Å². The highest BCUT2D eigenvalue weighted by molar-refractivity contribution is 6.07. The molecule has 0 spiro atoms. The van der Waals surface area contributed by atoms with Gasteiger partial charge in [-0.05, 0) is 93.8 Å². The van der Waals surface area contributed by atoms with E-state index in [0.717, 1.165) is 44.5 Å². The molecular weight excluding hydrogens is 1070 g/mol. The minimum absolute atomic E-state index is 0.0990. The topological polar surface area (TPSA) is 217 Å². The monoisotopic (exact) mass is 1130 g/mol. The molecule has 5 amide bonds. The van der Waals surface area contributed by atoms with Gasteiger partial charge in [-0.15, -0.1) is 0 Å². The molecule has 19 heteroatoms. The van der Waals surface area contributed by atoms with Gasteiger partial charge in [0.2, 0.25) is 18.6 Å². The quantitative estimate of drug-likeness (QED) is 0.0685. The number of nitrogens with one attached hydrogen (secondary N) is 3. The van der Waals surface area contributed by atoms with Crippen LogP contribution in [0.2, 0.25) is 0 Å². The van der Waals surface area contributed by atoms with Gasteiger partial charge in [0, 0.05) is 67.8 Å². The van der Waals surface area contributed by atoms with E-state index in [2.05, 4.69) is 28.1 Å². The third kappa shape index (κ3) is 10.8. The molecule has 12 rings (SSSR count). The van der Waals surface area contributed by atoms with Crippen LogP contribution in [0.4, 0.5) is 21.9 Å². The zero-order valence-electron chi connectivity index (χ0n) is 46.9. The molecule has 6 aliphatic rings. The number of methoxy groups -OCH3 is 2. The Hall–Kier alpha value is -9.91.